The number of carbonyl (C=O) groups is 2. The normalized spacial score (nSPS) is 14.9. The summed E-state index contributed by atoms with van der Waals surface area (Å²) in [6.07, 6.45) is 3.77. The molecule has 2 aromatic carbocycles. The van der Waals surface area contributed by atoms with Gasteiger partial charge in [0.25, 0.3) is 0 Å². The van der Waals surface area contributed by atoms with Crippen molar-refractivity contribution in [1.82, 2.24) is 15.2 Å². The Morgan fingerprint density at radius 3 is 2.69 bits per heavy atom. The van der Waals surface area contributed by atoms with Crippen LogP contribution in [0, 0.1) is 5.92 Å². The van der Waals surface area contributed by atoms with Gasteiger partial charge in [0, 0.05) is 34.6 Å². The van der Waals surface area contributed by atoms with Crippen LogP contribution in [0.15, 0.2) is 71.3 Å². The van der Waals surface area contributed by atoms with E-state index in [1.807, 2.05) is 54.6 Å². The molecule has 1 atom stereocenters. The molecular weight excluding hydrogens is 442 g/mol. The molecule has 2 aromatic heterocycles. The van der Waals surface area contributed by atoms with Crippen molar-refractivity contribution in [2.24, 2.45) is 5.92 Å². The summed E-state index contributed by atoms with van der Waals surface area (Å²) in [7, 11) is 1.63. The topological polar surface area (TPSA) is 85.5 Å². The third-order valence-electron chi connectivity index (χ3n) is 6.73. The van der Waals surface area contributed by atoms with E-state index in [4.69, 9.17) is 9.15 Å². The number of para-hydroxylation sites is 2. The first-order valence-corrected chi connectivity index (χ1v) is 11.9. The number of methoxy groups -OCH3 is 1. The molecule has 0 radical (unpaired) electrons. The third kappa shape index (κ3) is 4.80. The first-order valence-electron chi connectivity index (χ1n) is 11.9. The van der Waals surface area contributed by atoms with Crippen LogP contribution in [0.4, 0.5) is 0 Å². The summed E-state index contributed by atoms with van der Waals surface area (Å²) in [5.74, 6) is 1.38. The average Bonchev–Trinajstić information content (AvgIpc) is 3.53. The molecule has 0 fully saturated rings. The quantitative estimate of drug-likeness (QED) is 0.407. The third-order valence-corrected chi connectivity index (χ3v) is 6.73. The predicted octanol–water partition coefficient (Wildman–Crippen LogP) is 3.98. The molecule has 1 unspecified atom stereocenters. The molecule has 0 aliphatic heterocycles. The first-order chi connectivity index (χ1) is 17.1. The Morgan fingerprint density at radius 1 is 1.03 bits per heavy atom. The number of carbonyl (C=O) groups excluding carboxylic acids is 2. The van der Waals surface area contributed by atoms with Crippen LogP contribution in [0.5, 0.6) is 5.75 Å². The van der Waals surface area contributed by atoms with Gasteiger partial charge in [0.15, 0.2) is 0 Å². The van der Waals surface area contributed by atoms with Gasteiger partial charge in [-0.1, -0.05) is 36.4 Å². The largest absolute Gasteiger partial charge is 0.496 e. The fourth-order valence-electron chi connectivity index (χ4n) is 4.98. The van der Waals surface area contributed by atoms with E-state index < -0.39 is 0 Å². The summed E-state index contributed by atoms with van der Waals surface area (Å²) in [4.78, 5) is 25.8. The number of fused-ring (bicyclic) bond motifs is 3. The number of furan rings is 1. The second kappa shape index (κ2) is 10.1. The Labute approximate surface area is 204 Å². The van der Waals surface area contributed by atoms with Gasteiger partial charge in [-0.3, -0.25) is 9.59 Å². The lowest BCUT2D eigenvalue weighted by molar-refractivity contribution is -0.125. The Kier molecular flexibility index (Phi) is 6.57. The summed E-state index contributed by atoms with van der Waals surface area (Å²) in [6.45, 7) is 1.03. The minimum atomic E-state index is -0.101. The van der Waals surface area contributed by atoms with E-state index in [9.17, 15) is 9.59 Å². The van der Waals surface area contributed by atoms with Gasteiger partial charge in [-0.25, -0.2) is 0 Å². The number of amides is 2. The van der Waals surface area contributed by atoms with Gasteiger partial charge >= 0.3 is 0 Å². The van der Waals surface area contributed by atoms with Crippen molar-refractivity contribution in [3.05, 3.63) is 89.5 Å². The molecule has 0 saturated heterocycles. The van der Waals surface area contributed by atoms with Crippen LogP contribution in [0.2, 0.25) is 0 Å². The van der Waals surface area contributed by atoms with Crippen LogP contribution >= 0.6 is 0 Å². The van der Waals surface area contributed by atoms with Crippen molar-refractivity contribution in [2.75, 3.05) is 7.11 Å². The summed E-state index contributed by atoms with van der Waals surface area (Å²) >= 11 is 0. The van der Waals surface area contributed by atoms with Crippen LogP contribution in [-0.4, -0.2) is 23.5 Å². The molecule has 1 aliphatic rings. The van der Waals surface area contributed by atoms with Gasteiger partial charge in [0.1, 0.15) is 18.1 Å². The van der Waals surface area contributed by atoms with Crippen LogP contribution in [0.1, 0.15) is 29.0 Å². The van der Waals surface area contributed by atoms with Crippen LogP contribution in [0.3, 0.4) is 0 Å². The molecule has 7 heteroatoms. The van der Waals surface area contributed by atoms with E-state index in [0.29, 0.717) is 19.5 Å². The number of benzene rings is 2. The van der Waals surface area contributed by atoms with E-state index in [1.54, 1.807) is 13.4 Å². The summed E-state index contributed by atoms with van der Waals surface area (Å²) in [5, 5.41) is 7.14. The highest BCUT2D eigenvalue weighted by molar-refractivity contribution is 5.89. The van der Waals surface area contributed by atoms with Gasteiger partial charge in [-0.15, -0.1) is 0 Å². The molecule has 0 spiro atoms. The predicted molar refractivity (Wildman–Crippen MR) is 133 cm³/mol. The van der Waals surface area contributed by atoms with E-state index in [0.717, 1.165) is 46.5 Å². The molecule has 5 rings (SSSR count). The summed E-state index contributed by atoms with van der Waals surface area (Å²) in [6, 6.07) is 19.5. The number of hydrogen-bond acceptors (Lipinski definition) is 4. The molecule has 180 valence electrons. The van der Waals surface area contributed by atoms with Gasteiger partial charge in [-0.2, -0.15) is 0 Å². The lowest BCUT2D eigenvalue weighted by atomic mass is 9.85. The average molecular weight is 472 g/mol. The van der Waals surface area contributed by atoms with Crippen molar-refractivity contribution in [1.29, 1.82) is 0 Å². The van der Waals surface area contributed by atoms with Gasteiger partial charge < -0.3 is 24.4 Å². The zero-order chi connectivity index (χ0) is 24.2. The van der Waals surface area contributed by atoms with Crippen molar-refractivity contribution in [3.8, 4) is 5.75 Å². The smallest absolute Gasteiger partial charge is 0.240 e. The SMILES string of the molecule is COc1ccccc1CNC(=O)Cn1c2c(c3ccccc31)CC(C(=O)NCc1ccco1)CC2. The number of rotatable bonds is 8. The molecule has 2 heterocycles. The summed E-state index contributed by atoms with van der Waals surface area (Å²) < 4.78 is 12.8. The zero-order valence-corrected chi connectivity index (χ0v) is 19.8. The lowest BCUT2D eigenvalue weighted by Gasteiger charge is -2.23. The highest BCUT2D eigenvalue weighted by atomic mass is 16.5. The Morgan fingerprint density at radius 2 is 1.86 bits per heavy atom. The molecule has 0 bridgehead atoms. The molecule has 4 aromatic rings. The highest BCUT2D eigenvalue weighted by Crippen LogP contribution is 2.34. The van der Waals surface area contributed by atoms with Crippen molar-refractivity contribution < 1.29 is 18.7 Å². The standard InChI is InChI=1S/C28H29N3O4/c1-34-26-11-5-2-7-20(26)16-29-27(32)18-31-24-10-4-3-9-22(24)23-15-19(12-13-25(23)31)28(33)30-17-21-8-6-14-35-21/h2-11,14,19H,12-13,15-18H2,1H3,(H,29,32)(H,30,33). The maximum atomic E-state index is 12.9. The molecule has 2 N–H and O–H groups in total. The summed E-state index contributed by atoms with van der Waals surface area (Å²) in [5.41, 5.74) is 4.28. The maximum Gasteiger partial charge on any atom is 0.240 e. The fourth-order valence-corrected chi connectivity index (χ4v) is 4.98. The number of hydrogen-bond donors (Lipinski definition) is 2. The van der Waals surface area contributed by atoms with E-state index in [2.05, 4.69) is 21.3 Å². The highest BCUT2D eigenvalue weighted by Gasteiger charge is 2.29. The molecule has 0 saturated carbocycles. The van der Waals surface area contributed by atoms with E-state index >= 15 is 0 Å². The second-order valence-electron chi connectivity index (χ2n) is 8.85. The fraction of sp³-hybridized carbons (Fsp3) is 0.286. The number of nitrogens with zero attached hydrogens (tertiary/aromatic N) is 1. The van der Waals surface area contributed by atoms with Crippen molar-refractivity contribution >= 4 is 22.7 Å². The molecule has 7 nitrogen and oxygen atoms in total. The van der Waals surface area contributed by atoms with Gasteiger partial charge in [0.2, 0.25) is 11.8 Å². The monoisotopic (exact) mass is 471 g/mol. The number of ether oxygens (including phenoxy) is 1. The lowest BCUT2D eigenvalue weighted by Crippen LogP contribution is -2.34. The maximum absolute atomic E-state index is 12.9. The zero-order valence-electron chi connectivity index (χ0n) is 19.8. The van der Waals surface area contributed by atoms with Crippen LogP contribution < -0.4 is 15.4 Å². The van der Waals surface area contributed by atoms with Crippen molar-refractivity contribution in [2.45, 2.75) is 38.9 Å². The minimum absolute atomic E-state index is 0.0402. The van der Waals surface area contributed by atoms with Crippen LogP contribution in [-0.2, 0) is 42.1 Å². The molecule has 2 amide bonds. The van der Waals surface area contributed by atoms with E-state index in [-0.39, 0.29) is 24.3 Å². The molecular formula is C28H29N3O4. The van der Waals surface area contributed by atoms with Gasteiger partial charge in [-0.05, 0) is 49.1 Å². The van der Waals surface area contributed by atoms with Crippen LogP contribution in [0.25, 0.3) is 10.9 Å². The van der Waals surface area contributed by atoms with E-state index in [1.165, 1.54) is 5.56 Å². The second-order valence-corrected chi connectivity index (χ2v) is 8.85. The minimum Gasteiger partial charge on any atom is -0.496 e. The molecule has 1 aliphatic carbocycles. The Bertz CT molecular complexity index is 1340. The molecule has 35 heavy (non-hydrogen) atoms. The first kappa shape index (κ1) is 22.8. The number of nitrogens with one attached hydrogen (secondary N) is 2. The Balaban J connectivity index is 1.31. The Hall–Kier alpha value is -4.00. The van der Waals surface area contributed by atoms with Crippen molar-refractivity contribution in [3.63, 3.8) is 0 Å². The van der Waals surface area contributed by atoms with Gasteiger partial charge in [0.05, 0.1) is 19.9 Å². The number of aromatic nitrogens is 1.